The van der Waals surface area contributed by atoms with Gasteiger partial charge >= 0.3 is 0 Å². The van der Waals surface area contributed by atoms with E-state index in [2.05, 4.69) is 4.98 Å². The summed E-state index contributed by atoms with van der Waals surface area (Å²) < 4.78 is 0. The number of hydrogen-bond donors (Lipinski definition) is 1. The molecular formula is C20H16ClN3O3. The van der Waals surface area contributed by atoms with Gasteiger partial charge in [0.1, 0.15) is 0 Å². The molecule has 1 aromatic heterocycles. The summed E-state index contributed by atoms with van der Waals surface area (Å²) in [5, 5.41) is 12.7. The van der Waals surface area contributed by atoms with E-state index in [1.807, 2.05) is 30.5 Å². The van der Waals surface area contributed by atoms with Crippen LogP contribution in [0.25, 0.3) is 16.5 Å². The van der Waals surface area contributed by atoms with Crippen LogP contribution in [-0.2, 0) is 0 Å². The van der Waals surface area contributed by atoms with Crippen molar-refractivity contribution in [2.24, 2.45) is 0 Å². The van der Waals surface area contributed by atoms with Crippen molar-refractivity contribution in [3.8, 4) is 0 Å². The number of benzene rings is 2. The first-order valence-electron chi connectivity index (χ1n) is 8.53. The zero-order valence-electron chi connectivity index (χ0n) is 14.3. The molecule has 0 fully saturated rings. The van der Waals surface area contributed by atoms with E-state index in [1.165, 1.54) is 18.2 Å². The molecule has 0 aliphatic carbocycles. The Morgan fingerprint density at radius 3 is 2.81 bits per heavy atom. The molecule has 27 heavy (non-hydrogen) atoms. The highest BCUT2D eigenvalue weighted by molar-refractivity contribution is 6.31. The normalized spacial score (nSPS) is 14.3. The van der Waals surface area contributed by atoms with Crippen molar-refractivity contribution in [2.45, 2.75) is 6.42 Å². The topological polar surface area (TPSA) is 79.2 Å². The first-order valence-corrected chi connectivity index (χ1v) is 8.90. The molecule has 1 amide bonds. The molecule has 6 nitrogen and oxygen atoms in total. The smallest absolute Gasteiger partial charge is 0.270 e. The number of rotatable bonds is 3. The number of halogens is 1. The summed E-state index contributed by atoms with van der Waals surface area (Å²) in [4.78, 5) is 28.0. The largest absolute Gasteiger partial charge is 0.361 e. The van der Waals surface area contributed by atoms with Crippen molar-refractivity contribution in [2.75, 3.05) is 13.1 Å². The summed E-state index contributed by atoms with van der Waals surface area (Å²) in [5.41, 5.74) is 3.52. The SMILES string of the molecule is O=C(c1cccc([N+](=O)[O-])c1)N1CC=C(c2c[nH]c3ccc(Cl)cc23)CC1. The molecule has 136 valence electrons. The lowest BCUT2D eigenvalue weighted by atomic mass is 9.98. The Bertz CT molecular complexity index is 1090. The Hall–Kier alpha value is -3.12. The monoisotopic (exact) mass is 381 g/mol. The summed E-state index contributed by atoms with van der Waals surface area (Å²) >= 11 is 6.12. The molecular weight excluding hydrogens is 366 g/mol. The molecule has 0 unspecified atom stereocenters. The summed E-state index contributed by atoms with van der Waals surface area (Å²) in [7, 11) is 0. The van der Waals surface area contributed by atoms with E-state index in [-0.39, 0.29) is 11.6 Å². The lowest BCUT2D eigenvalue weighted by Gasteiger charge is -2.26. The van der Waals surface area contributed by atoms with Gasteiger partial charge in [0.25, 0.3) is 11.6 Å². The Balaban J connectivity index is 1.56. The Kier molecular flexibility index (Phi) is 4.41. The summed E-state index contributed by atoms with van der Waals surface area (Å²) in [5.74, 6) is -0.198. The van der Waals surface area contributed by atoms with Crippen molar-refractivity contribution < 1.29 is 9.72 Å². The van der Waals surface area contributed by atoms with Crippen LogP contribution in [0.2, 0.25) is 5.02 Å². The molecule has 4 rings (SSSR count). The number of carbonyl (C=O) groups excluding carboxylic acids is 1. The Morgan fingerprint density at radius 2 is 2.07 bits per heavy atom. The van der Waals surface area contributed by atoms with Gasteiger partial charge in [0.15, 0.2) is 0 Å². The van der Waals surface area contributed by atoms with Crippen LogP contribution in [0.1, 0.15) is 22.3 Å². The number of nitrogens with zero attached hydrogens (tertiary/aromatic N) is 2. The van der Waals surface area contributed by atoms with Gasteiger partial charge in [-0.3, -0.25) is 14.9 Å². The second-order valence-electron chi connectivity index (χ2n) is 6.43. The summed E-state index contributed by atoms with van der Waals surface area (Å²) in [6, 6.07) is 11.6. The third-order valence-corrected chi connectivity index (χ3v) is 5.03. The lowest BCUT2D eigenvalue weighted by Crippen LogP contribution is -2.34. The van der Waals surface area contributed by atoms with Gasteiger partial charge in [-0.1, -0.05) is 23.7 Å². The van der Waals surface area contributed by atoms with E-state index in [0.29, 0.717) is 30.1 Å². The van der Waals surface area contributed by atoms with Crippen LogP contribution in [0.5, 0.6) is 0 Å². The minimum Gasteiger partial charge on any atom is -0.361 e. The number of amides is 1. The molecule has 0 radical (unpaired) electrons. The number of H-pyrrole nitrogens is 1. The molecule has 1 aliphatic heterocycles. The predicted octanol–water partition coefficient (Wildman–Crippen LogP) is 4.66. The van der Waals surface area contributed by atoms with E-state index in [0.717, 1.165) is 22.0 Å². The molecule has 7 heteroatoms. The fourth-order valence-corrected chi connectivity index (χ4v) is 3.56. The molecule has 0 saturated carbocycles. The van der Waals surface area contributed by atoms with E-state index in [4.69, 9.17) is 11.6 Å². The maximum absolute atomic E-state index is 12.7. The summed E-state index contributed by atoms with van der Waals surface area (Å²) in [6.45, 7) is 1.02. The minimum atomic E-state index is -0.493. The highest BCUT2D eigenvalue weighted by Gasteiger charge is 2.22. The van der Waals surface area contributed by atoms with Crippen molar-refractivity contribution in [1.82, 2.24) is 9.88 Å². The van der Waals surface area contributed by atoms with Crippen molar-refractivity contribution in [3.05, 3.63) is 81.0 Å². The molecule has 0 atom stereocenters. The number of nitrogens with one attached hydrogen (secondary N) is 1. The van der Waals surface area contributed by atoms with Gasteiger partial charge in [-0.2, -0.15) is 0 Å². The molecule has 0 spiro atoms. The van der Waals surface area contributed by atoms with Crippen LogP contribution in [0.15, 0.2) is 54.7 Å². The van der Waals surface area contributed by atoms with Crippen LogP contribution in [0, 0.1) is 10.1 Å². The highest BCUT2D eigenvalue weighted by Crippen LogP contribution is 2.31. The van der Waals surface area contributed by atoms with Crippen LogP contribution >= 0.6 is 11.6 Å². The zero-order valence-corrected chi connectivity index (χ0v) is 15.1. The number of non-ortho nitro benzene ring substituents is 1. The van der Waals surface area contributed by atoms with Crippen LogP contribution < -0.4 is 0 Å². The number of fused-ring (bicyclic) bond motifs is 1. The van der Waals surface area contributed by atoms with E-state index in [9.17, 15) is 14.9 Å². The van der Waals surface area contributed by atoms with Crippen molar-refractivity contribution >= 4 is 39.7 Å². The van der Waals surface area contributed by atoms with Crippen molar-refractivity contribution in [3.63, 3.8) is 0 Å². The lowest BCUT2D eigenvalue weighted by molar-refractivity contribution is -0.384. The number of carbonyl (C=O) groups is 1. The molecule has 2 aromatic carbocycles. The molecule has 0 saturated heterocycles. The molecule has 3 aromatic rings. The molecule has 1 aliphatic rings. The third kappa shape index (κ3) is 3.31. The first-order chi connectivity index (χ1) is 13.0. The van der Waals surface area contributed by atoms with Crippen molar-refractivity contribution in [1.29, 1.82) is 0 Å². The maximum atomic E-state index is 12.7. The van der Waals surface area contributed by atoms with Gasteiger partial charge in [0.2, 0.25) is 0 Å². The van der Waals surface area contributed by atoms with Crippen LogP contribution in [0.4, 0.5) is 5.69 Å². The number of hydrogen-bond acceptors (Lipinski definition) is 3. The van der Waals surface area contributed by atoms with Gasteiger partial charge in [-0.05, 0) is 36.3 Å². The maximum Gasteiger partial charge on any atom is 0.270 e. The van der Waals surface area contributed by atoms with Crippen LogP contribution in [0.3, 0.4) is 0 Å². The first kappa shape index (κ1) is 17.3. The van der Waals surface area contributed by atoms with Gasteiger partial charge in [-0.25, -0.2) is 0 Å². The fourth-order valence-electron chi connectivity index (χ4n) is 3.39. The number of aromatic amines is 1. The van der Waals surface area contributed by atoms with E-state index >= 15 is 0 Å². The standard InChI is InChI=1S/C20H16ClN3O3/c21-15-4-5-19-17(11-15)18(12-22-19)13-6-8-23(9-7-13)20(25)14-2-1-3-16(10-14)24(26)27/h1-6,10-12,22H,7-9H2. The van der Waals surface area contributed by atoms with Gasteiger partial charge < -0.3 is 9.88 Å². The Morgan fingerprint density at radius 1 is 1.22 bits per heavy atom. The Labute approximate surface area is 160 Å². The van der Waals surface area contributed by atoms with Crippen LogP contribution in [-0.4, -0.2) is 33.8 Å². The highest BCUT2D eigenvalue weighted by atomic mass is 35.5. The second-order valence-corrected chi connectivity index (χ2v) is 6.87. The van der Waals surface area contributed by atoms with Gasteiger partial charge in [0, 0.05) is 58.5 Å². The zero-order chi connectivity index (χ0) is 19.0. The number of aromatic nitrogens is 1. The fraction of sp³-hybridized carbons (Fsp3) is 0.150. The molecule has 1 N–H and O–H groups in total. The van der Waals surface area contributed by atoms with Gasteiger partial charge in [0.05, 0.1) is 4.92 Å². The average Bonchev–Trinajstić information content (AvgIpc) is 3.10. The van der Waals surface area contributed by atoms with Gasteiger partial charge in [-0.15, -0.1) is 0 Å². The van der Waals surface area contributed by atoms with E-state index < -0.39 is 4.92 Å². The average molecular weight is 382 g/mol. The third-order valence-electron chi connectivity index (χ3n) is 4.79. The second kappa shape index (κ2) is 6.89. The quantitative estimate of drug-likeness (QED) is 0.529. The minimum absolute atomic E-state index is 0.0789. The molecule has 0 bridgehead atoms. The predicted molar refractivity (Wildman–Crippen MR) is 105 cm³/mol. The number of nitro benzene ring substituents is 1. The summed E-state index contributed by atoms with van der Waals surface area (Å²) in [6.07, 6.45) is 4.70. The number of nitro groups is 1. The van der Waals surface area contributed by atoms with E-state index in [1.54, 1.807) is 11.0 Å². The molecule has 2 heterocycles.